The molecule has 0 amide bonds. The van der Waals surface area contributed by atoms with Gasteiger partial charge in [-0.05, 0) is 41.1 Å². The van der Waals surface area contributed by atoms with E-state index in [4.69, 9.17) is 4.74 Å². The molecule has 2 rings (SSSR count). The zero-order valence-electron chi connectivity index (χ0n) is 9.20. The lowest BCUT2D eigenvalue weighted by Crippen LogP contribution is -2.36. The van der Waals surface area contributed by atoms with Crippen LogP contribution in [0.15, 0.2) is 22.7 Å². The molecule has 3 nitrogen and oxygen atoms in total. The molecule has 0 aromatic heterocycles. The summed E-state index contributed by atoms with van der Waals surface area (Å²) in [5.74, 6) is 0.0919. The Labute approximate surface area is 104 Å². The van der Waals surface area contributed by atoms with Crippen molar-refractivity contribution in [3.63, 3.8) is 0 Å². The van der Waals surface area contributed by atoms with Crippen LogP contribution in [0.3, 0.4) is 0 Å². The second kappa shape index (κ2) is 4.97. The summed E-state index contributed by atoms with van der Waals surface area (Å²) in [4.78, 5) is 13.5. The van der Waals surface area contributed by atoms with Crippen molar-refractivity contribution in [1.29, 1.82) is 0 Å². The van der Waals surface area contributed by atoms with Crippen molar-refractivity contribution in [1.82, 2.24) is 0 Å². The number of hydrogen-bond donors (Lipinski definition) is 0. The largest absolute Gasteiger partial charge is 0.378 e. The van der Waals surface area contributed by atoms with Crippen LogP contribution in [0.5, 0.6) is 0 Å². The van der Waals surface area contributed by atoms with Crippen LogP contribution in [-0.2, 0) is 4.74 Å². The van der Waals surface area contributed by atoms with Crippen molar-refractivity contribution < 1.29 is 9.53 Å². The van der Waals surface area contributed by atoms with E-state index in [2.05, 4.69) is 20.8 Å². The number of morpholine rings is 1. The lowest BCUT2D eigenvalue weighted by Gasteiger charge is -2.29. The first kappa shape index (κ1) is 11.6. The monoisotopic (exact) mass is 283 g/mol. The van der Waals surface area contributed by atoms with Gasteiger partial charge in [0.25, 0.3) is 0 Å². The number of Topliss-reactive ketones (excluding diaryl/α,β-unsaturated/α-hetero) is 1. The highest BCUT2D eigenvalue weighted by Crippen LogP contribution is 2.28. The Morgan fingerprint density at radius 1 is 1.38 bits per heavy atom. The predicted molar refractivity (Wildman–Crippen MR) is 67.2 cm³/mol. The SMILES string of the molecule is CC(=O)c1ccc(N2CCOCC2)c(Br)c1. The number of hydrogen-bond acceptors (Lipinski definition) is 3. The van der Waals surface area contributed by atoms with E-state index in [0.717, 1.165) is 42.0 Å². The van der Waals surface area contributed by atoms with Gasteiger partial charge in [0.05, 0.1) is 18.9 Å². The van der Waals surface area contributed by atoms with Crippen LogP contribution in [0.2, 0.25) is 0 Å². The van der Waals surface area contributed by atoms with Crippen LogP contribution >= 0.6 is 15.9 Å². The number of halogens is 1. The lowest BCUT2D eigenvalue weighted by molar-refractivity contribution is 0.101. The normalized spacial score (nSPS) is 16.2. The third-order valence-electron chi connectivity index (χ3n) is 2.71. The minimum atomic E-state index is 0.0919. The summed E-state index contributed by atoms with van der Waals surface area (Å²) in [6.07, 6.45) is 0. The van der Waals surface area contributed by atoms with Crippen LogP contribution in [0, 0.1) is 0 Å². The minimum Gasteiger partial charge on any atom is -0.378 e. The molecule has 1 saturated heterocycles. The molecule has 1 aromatic carbocycles. The molecule has 0 aliphatic carbocycles. The average molecular weight is 284 g/mol. The van der Waals surface area contributed by atoms with Crippen LogP contribution in [0.1, 0.15) is 17.3 Å². The molecule has 1 heterocycles. The Morgan fingerprint density at radius 3 is 2.62 bits per heavy atom. The first-order valence-corrected chi connectivity index (χ1v) is 6.11. The standard InChI is InChI=1S/C12H14BrNO2/c1-9(15)10-2-3-12(11(13)8-10)14-4-6-16-7-5-14/h2-3,8H,4-7H2,1H3. The number of ketones is 1. The van der Waals surface area contributed by atoms with Crippen molar-refractivity contribution in [3.05, 3.63) is 28.2 Å². The van der Waals surface area contributed by atoms with Crippen molar-refractivity contribution in [2.45, 2.75) is 6.92 Å². The smallest absolute Gasteiger partial charge is 0.159 e. The Morgan fingerprint density at radius 2 is 2.06 bits per heavy atom. The molecule has 0 saturated carbocycles. The number of rotatable bonds is 2. The van der Waals surface area contributed by atoms with Gasteiger partial charge in [-0.15, -0.1) is 0 Å². The molecule has 16 heavy (non-hydrogen) atoms. The van der Waals surface area contributed by atoms with E-state index in [-0.39, 0.29) is 5.78 Å². The predicted octanol–water partition coefficient (Wildman–Crippen LogP) is 2.49. The third kappa shape index (κ3) is 2.44. The van der Waals surface area contributed by atoms with E-state index >= 15 is 0 Å². The number of ether oxygens (including phenoxy) is 1. The van der Waals surface area contributed by atoms with Gasteiger partial charge >= 0.3 is 0 Å². The fraction of sp³-hybridized carbons (Fsp3) is 0.417. The maximum absolute atomic E-state index is 11.2. The first-order valence-electron chi connectivity index (χ1n) is 5.31. The number of carbonyl (C=O) groups is 1. The fourth-order valence-electron chi connectivity index (χ4n) is 1.79. The molecular formula is C12H14BrNO2. The van der Waals surface area contributed by atoms with Crippen molar-refractivity contribution in [2.75, 3.05) is 31.2 Å². The minimum absolute atomic E-state index is 0.0919. The fourth-order valence-corrected chi connectivity index (χ4v) is 2.42. The van der Waals surface area contributed by atoms with E-state index < -0.39 is 0 Å². The van der Waals surface area contributed by atoms with Crippen LogP contribution in [0.4, 0.5) is 5.69 Å². The van der Waals surface area contributed by atoms with Crippen molar-refractivity contribution in [3.8, 4) is 0 Å². The molecule has 86 valence electrons. The van der Waals surface area contributed by atoms with Crippen molar-refractivity contribution in [2.24, 2.45) is 0 Å². The summed E-state index contributed by atoms with van der Waals surface area (Å²) in [5, 5.41) is 0. The molecule has 0 unspecified atom stereocenters. The van der Waals surface area contributed by atoms with E-state index in [1.807, 2.05) is 18.2 Å². The zero-order valence-corrected chi connectivity index (χ0v) is 10.8. The molecule has 0 bridgehead atoms. The van der Waals surface area contributed by atoms with E-state index in [1.54, 1.807) is 6.92 Å². The topological polar surface area (TPSA) is 29.5 Å². The van der Waals surface area contributed by atoms with Crippen LogP contribution in [-0.4, -0.2) is 32.1 Å². The molecule has 0 N–H and O–H groups in total. The van der Waals surface area contributed by atoms with Gasteiger partial charge in [0.1, 0.15) is 0 Å². The number of benzene rings is 1. The molecule has 1 fully saturated rings. The van der Waals surface area contributed by atoms with Gasteiger partial charge in [0.15, 0.2) is 5.78 Å². The Bertz CT molecular complexity index is 400. The van der Waals surface area contributed by atoms with Crippen LogP contribution in [0.25, 0.3) is 0 Å². The second-order valence-electron chi connectivity index (χ2n) is 3.82. The Kier molecular flexibility index (Phi) is 3.61. The highest BCUT2D eigenvalue weighted by Gasteiger charge is 2.14. The molecule has 0 spiro atoms. The van der Waals surface area contributed by atoms with Gasteiger partial charge in [-0.2, -0.15) is 0 Å². The van der Waals surface area contributed by atoms with Gasteiger partial charge < -0.3 is 9.64 Å². The highest BCUT2D eigenvalue weighted by atomic mass is 79.9. The Hall–Kier alpha value is -0.870. The van der Waals surface area contributed by atoms with Gasteiger partial charge in [-0.3, -0.25) is 4.79 Å². The van der Waals surface area contributed by atoms with Gasteiger partial charge in [0, 0.05) is 23.1 Å². The summed E-state index contributed by atoms with van der Waals surface area (Å²) < 4.78 is 6.29. The molecule has 0 radical (unpaired) electrons. The Balaban J connectivity index is 2.24. The third-order valence-corrected chi connectivity index (χ3v) is 3.34. The quantitative estimate of drug-likeness (QED) is 0.781. The van der Waals surface area contributed by atoms with Gasteiger partial charge in [-0.1, -0.05) is 0 Å². The van der Waals surface area contributed by atoms with Crippen molar-refractivity contribution >= 4 is 27.4 Å². The van der Waals surface area contributed by atoms with Gasteiger partial charge in [-0.25, -0.2) is 0 Å². The number of anilines is 1. The highest BCUT2D eigenvalue weighted by molar-refractivity contribution is 9.10. The zero-order chi connectivity index (χ0) is 11.5. The van der Waals surface area contributed by atoms with E-state index in [9.17, 15) is 4.79 Å². The maximum Gasteiger partial charge on any atom is 0.159 e. The summed E-state index contributed by atoms with van der Waals surface area (Å²) in [5.41, 5.74) is 1.87. The van der Waals surface area contributed by atoms with E-state index in [0.29, 0.717) is 0 Å². The second-order valence-corrected chi connectivity index (χ2v) is 4.68. The molecular weight excluding hydrogens is 270 g/mol. The first-order chi connectivity index (χ1) is 7.68. The lowest BCUT2D eigenvalue weighted by atomic mass is 10.1. The molecule has 1 aliphatic rings. The van der Waals surface area contributed by atoms with E-state index in [1.165, 1.54) is 0 Å². The summed E-state index contributed by atoms with van der Waals surface area (Å²) in [7, 11) is 0. The van der Waals surface area contributed by atoms with Gasteiger partial charge in [0.2, 0.25) is 0 Å². The molecule has 1 aliphatic heterocycles. The summed E-state index contributed by atoms with van der Waals surface area (Å²) in [6, 6.07) is 5.75. The van der Waals surface area contributed by atoms with Crippen LogP contribution < -0.4 is 4.90 Å². The molecule has 0 atom stereocenters. The maximum atomic E-state index is 11.2. The number of carbonyl (C=O) groups excluding carboxylic acids is 1. The molecule has 4 heteroatoms. The number of nitrogens with zero attached hydrogens (tertiary/aromatic N) is 1. The summed E-state index contributed by atoms with van der Waals surface area (Å²) >= 11 is 3.52. The molecule has 1 aromatic rings. The summed E-state index contributed by atoms with van der Waals surface area (Å²) in [6.45, 7) is 4.91. The average Bonchev–Trinajstić information content (AvgIpc) is 2.30.